The predicted octanol–water partition coefficient (Wildman–Crippen LogP) is 6.72. The van der Waals surface area contributed by atoms with E-state index in [0.29, 0.717) is 6.54 Å². The van der Waals surface area contributed by atoms with E-state index in [1.807, 2.05) is 18.2 Å². The maximum Gasteiger partial charge on any atom is 0.152 e. The molecule has 1 aliphatic rings. The highest BCUT2D eigenvalue weighted by Gasteiger charge is 2.32. The van der Waals surface area contributed by atoms with Gasteiger partial charge in [-0.25, -0.2) is 4.98 Å². The van der Waals surface area contributed by atoms with Gasteiger partial charge in [-0.2, -0.15) is 0 Å². The molecule has 0 saturated carbocycles. The number of nitrogens with zero attached hydrogens (tertiary/aromatic N) is 3. The third-order valence-electron chi connectivity index (χ3n) is 6.92. The van der Waals surface area contributed by atoms with Crippen LogP contribution < -0.4 is 25.0 Å². The minimum atomic E-state index is 0.261. The minimum absolute atomic E-state index is 0.261. The Labute approximate surface area is 229 Å². The predicted molar refractivity (Wildman–Crippen MR) is 158 cm³/mol. The Morgan fingerprint density at radius 2 is 1.92 bits per heavy atom. The Morgan fingerprint density at radius 1 is 1.08 bits per heavy atom. The fourth-order valence-corrected chi connectivity index (χ4v) is 5.32. The molecular weight excluding hydrogens is 530 g/mol. The first-order valence-corrected chi connectivity index (χ1v) is 14.0. The van der Waals surface area contributed by atoms with Crippen LogP contribution >= 0.6 is 15.9 Å². The average Bonchev–Trinajstić information content (AvgIpc) is 3.27. The second kappa shape index (κ2) is 12.7. The Balaban J connectivity index is 1.69. The van der Waals surface area contributed by atoms with Crippen molar-refractivity contribution >= 4 is 44.0 Å². The number of hydrogen-bond donors (Lipinski definition) is 2. The lowest BCUT2D eigenvalue weighted by molar-refractivity contribution is 0.391. The van der Waals surface area contributed by atoms with Crippen LogP contribution in [-0.4, -0.2) is 57.5 Å². The van der Waals surface area contributed by atoms with Crippen molar-refractivity contribution in [3.63, 3.8) is 0 Å². The van der Waals surface area contributed by atoms with Gasteiger partial charge in [0.15, 0.2) is 5.82 Å². The summed E-state index contributed by atoms with van der Waals surface area (Å²) in [5, 5.41) is 8.65. The number of fused-ring (bicyclic) bond motifs is 3. The number of aromatic nitrogens is 1. The molecule has 8 heteroatoms. The summed E-state index contributed by atoms with van der Waals surface area (Å²) in [5.41, 5.74) is 4.38. The molecule has 0 radical (unpaired) electrons. The van der Waals surface area contributed by atoms with Crippen LogP contribution in [0, 0.1) is 0 Å². The van der Waals surface area contributed by atoms with Crippen LogP contribution in [0.25, 0.3) is 10.9 Å². The van der Waals surface area contributed by atoms with E-state index in [2.05, 4.69) is 75.6 Å². The van der Waals surface area contributed by atoms with E-state index in [1.54, 1.807) is 14.2 Å². The number of ether oxygens (including phenoxy) is 2. The summed E-state index contributed by atoms with van der Waals surface area (Å²) in [6.07, 6.45) is 6.04. The van der Waals surface area contributed by atoms with Crippen LogP contribution in [-0.2, 0) is 6.54 Å². The molecule has 0 spiro atoms. The molecule has 1 unspecified atom stereocenters. The van der Waals surface area contributed by atoms with Gasteiger partial charge in [0.05, 0.1) is 31.6 Å². The van der Waals surface area contributed by atoms with Gasteiger partial charge in [0.1, 0.15) is 17.2 Å². The van der Waals surface area contributed by atoms with Crippen molar-refractivity contribution in [2.75, 3.05) is 56.9 Å². The standard InChI is InChI=1S/C29H40BrN5O2/c1-6-7-10-26-33-27-28(35(26)16-9-8-15-34(2)3)23-17-21(30)12-14-24(23)32-29(27)31-19-20-11-13-22(36-4)18-25(20)37-5/h11-14,17-18,26,33H,6-10,15-16,19H2,1-5H3,(H,31,32). The molecule has 1 aliphatic heterocycles. The first kappa shape index (κ1) is 27.3. The van der Waals surface area contributed by atoms with E-state index in [1.165, 1.54) is 30.3 Å². The van der Waals surface area contributed by atoms with Crippen LogP contribution in [0.4, 0.5) is 17.2 Å². The summed E-state index contributed by atoms with van der Waals surface area (Å²) >= 11 is 3.69. The molecule has 0 bridgehead atoms. The number of anilines is 3. The van der Waals surface area contributed by atoms with Gasteiger partial charge in [-0.15, -0.1) is 0 Å². The van der Waals surface area contributed by atoms with Crippen molar-refractivity contribution in [2.45, 2.75) is 51.7 Å². The fraction of sp³-hybridized carbons (Fsp3) is 0.483. The number of benzene rings is 2. The molecule has 2 heterocycles. The summed E-state index contributed by atoms with van der Waals surface area (Å²) in [7, 11) is 7.64. The fourth-order valence-electron chi connectivity index (χ4n) is 4.96. The number of pyridine rings is 1. The van der Waals surface area contributed by atoms with E-state index >= 15 is 0 Å². The summed E-state index contributed by atoms with van der Waals surface area (Å²) in [5.74, 6) is 2.45. The van der Waals surface area contributed by atoms with E-state index in [9.17, 15) is 0 Å². The molecular formula is C29H40BrN5O2. The lowest BCUT2D eigenvalue weighted by atomic mass is 10.1. The summed E-state index contributed by atoms with van der Waals surface area (Å²) < 4.78 is 12.1. The van der Waals surface area contributed by atoms with Crippen molar-refractivity contribution < 1.29 is 9.47 Å². The lowest BCUT2D eigenvalue weighted by Gasteiger charge is -2.28. The van der Waals surface area contributed by atoms with Gasteiger partial charge in [-0.1, -0.05) is 29.3 Å². The van der Waals surface area contributed by atoms with Gasteiger partial charge in [-0.05, 0) is 76.7 Å². The van der Waals surface area contributed by atoms with E-state index in [4.69, 9.17) is 14.5 Å². The summed E-state index contributed by atoms with van der Waals surface area (Å²) in [6.45, 7) is 4.97. The van der Waals surface area contributed by atoms with Crippen LogP contribution in [0.5, 0.6) is 11.5 Å². The Morgan fingerprint density at radius 3 is 2.65 bits per heavy atom. The quantitative estimate of drug-likeness (QED) is 0.221. The van der Waals surface area contributed by atoms with Gasteiger partial charge in [0.2, 0.25) is 0 Å². The van der Waals surface area contributed by atoms with Crippen molar-refractivity contribution in [1.82, 2.24) is 9.88 Å². The molecule has 200 valence electrons. The third-order valence-corrected chi connectivity index (χ3v) is 7.41. The van der Waals surface area contributed by atoms with Crippen molar-refractivity contribution in [1.29, 1.82) is 0 Å². The number of methoxy groups -OCH3 is 2. The summed E-state index contributed by atoms with van der Waals surface area (Å²) in [4.78, 5) is 9.91. The van der Waals surface area contributed by atoms with E-state index in [-0.39, 0.29) is 6.17 Å². The van der Waals surface area contributed by atoms with Crippen molar-refractivity contribution in [3.8, 4) is 11.5 Å². The molecule has 1 aromatic heterocycles. The number of nitrogens with one attached hydrogen (secondary N) is 2. The van der Waals surface area contributed by atoms with Crippen LogP contribution in [0.1, 0.15) is 44.6 Å². The number of rotatable bonds is 13. The topological polar surface area (TPSA) is 61.9 Å². The molecule has 37 heavy (non-hydrogen) atoms. The maximum atomic E-state index is 5.63. The molecule has 0 fully saturated rings. The van der Waals surface area contributed by atoms with Gasteiger partial charge < -0.3 is 29.9 Å². The lowest BCUT2D eigenvalue weighted by Crippen LogP contribution is -2.36. The smallest absolute Gasteiger partial charge is 0.152 e. The monoisotopic (exact) mass is 569 g/mol. The Hall–Kier alpha value is -2.71. The molecule has 0 amide bonds. The van der Waals surface area contributed by atoms with Gasteiger partial charge in [0.25, 0.3) is 0 Å². The van der Waals surface area contributed by atoms with Crippen LogP contribution in [0.2, 0.25) is 0 Å². The summed E-state index contributed by atoms with van der Waals surface area (Å²) in [6, 6.07) is 12.3. The van der Waals surface area contributed by atoms with Crippen molar-refractivity contribution in [3.05, 3.63) is 46.4 Å². The molecule has 2 N–H and O–H groups in total. The van der Waals surface area contributed by atoms with Gasteiger partial charge >= 0.3 is 0 Å². The SMILES string of the molecule is CCCCC1Nc2c(NCc3ccc(OC)cc3OC)nc3ccc(Br)cc3c2N1CCCCN(C)C. The minimum Gasteiger partial charge on any atom is -0.497 e. The molecule has 1 atom stereocenters. The molecule has 2 aromatic carbocycles. The maximum absolute atomic E-state index is 5.63. The van der Waals surface area contributed by atoms with E-state index in [0.717, 1.165) is 64.5 Å². The molecule has 3 aromatic rings. The first-order chi connectivity index (χ1) is 17.9. The highest BCUT2D eigenvalue weighted by molar-refractivity contribution is 9.10. The van der Waals surface area contributed by atoms with Gasteiger partial charge in [-0.3, -0.25) is 0 Å². The second-order valence-electron chi connectivity index (χ2n) is 9.88. The second-order valence-corrected chi connectivity index (χ2v) is 10.8. The van der Waals surface area contributed by atoms with Crippen LogP contribution in [0.3, 0.4) is 0 Å². The normalized spacial score (nSPS) is 14.7. The zero-order chi connectivity index (χ0) is 26.4. The highest BCUT2D eigenvalue weighted by Crippen LogP contribution is 2.46. The molecule has 0 aliphatic carbocycles. The third kappa shape index (κ3) is 6.41. The molecule has 4 rings (SSSR count). The Bertz CT molecular complexity index is 1200. The van der Waals surface area contributed by atoms with Crippen LogP contribution in [0.15, 0.2) is 40.9 Å². The largest absolute Gasteiger partial charge is 0.497 e. The zero-order valence-corrected chi connectivity index (χ0v) is 24.3. The number of hydrogen-bond acceptors (Lipinski definition) is 7. The molecule has 0 saturated heterocycles. The first-order valence-electron chi connectivity index (χ1n) is 13.2. The van der Waals surface area contributed by atoms with E-state index < -0.39 is 0 Å². The highest BCUT2D eigenvalue weighted by atomic mass is 79.9. The average molecular weight is 571 g/mol. The zero-order valence-electron chi connectivity index (χ0n) is 22.7. The number of unbranched alkanes of at least 4 members (excludes halogenated alkanes) is 2. The number of halogens is 1. The Kier molecular flexibility index (Phi) is 9.38. The van der Waals surface area contributed by atoms with Gasteiger partial charge in [0, 0.05) is 34.6 Å². The molecule has 7 nitrogen and oxygen atoms in total. The van der Waals surface area contributed by atoms with Crippen molar-refractivity contribution in [2.24, 2.45) is 0 Å².